The van der Waals surface area contributed by atoms with E-state index in [1.54, 1.807) is 0 Å². The van der Waals surface area contributed by atoms with E-state index in [1.165, 1.54) is 19.3 Å². The first-order valence-electron chi connectivity index (χ1n) is 5.52. The van der Waals surface area contributed by atoms with E-state index in [9.17, 15) is 4.39 Å². The van der Waals surface area contributed by atoms with Gasteiger partial charge in [-0.1, -0.05) is 0 Å². The van der Waals surface area contributed by atoms with Crippen LogP contribution in [-0.2, 0) is 0 Å². The predicted octanol–water partition coefficient (Wildman–Crippen LogP) is 2.25. The molecule has 0 saturated heterocycles. The predicted molar refractivity (Wildman–Crippen MR) is 50.0 cm³/mol. The van der Waals surface area contributed by atoms with Crippen LogP contribution in [0.1, 0.15) is 38.5 Å². The minimum Gasteiger partial charge on any atom is -0.330 e. The second kappa shape index (κ2) is 2.28. The van der Waals surface area contributed by atoms with Gasteiger partial charge in [0.1, 0.15) is 5.67 Å². The maximum absolute atomic E-state index is 14.3. The van der Waals surface area contributed by atoms with Gasteiger partial charge in [0.2, 0.25) is 0 Å². The van der Waals surface area contributed by atoms with Gasteiger partial charge in [-0.25, -0.2) is 4.39 Å². The lowest BCUT2D eigenvalue weighted by Gasteiger charge is -2.59. The van der Waals surface area contributed by atoms with Crippen molar-refractivity contribution in [3.63, 3.8) is 0 Å². The summed E-state index contributed by atoms with van der Waals surface area (Å²) in [6.07, 6.45) is 6.16. The Morgan fingerprint density at radius 2 is 1.77 bits per heavy atom. The molecule has 13 heavy (non-hydrogen) atoms. The van der Waals surface area contributed by atoms with E-state index in [1.807, 2.05) is 0 Å². The van der Waals surface area contributed by atoms with Crippen LogP contribution in [0.5, 0.6) is 0 Å². The molecule has 0 aliphatic heterocycles. The topological polar surface area (TPSA) is 26.0 Å². The summed E-state index contributed by atoms with van der Waals surface area (Å²) in [4.78, 5) is 0. The molecule has 0 amide bonds. The SMILES string of the molecule is NCC12CC3CC(CC(F)(C3)C1)C2. The lowest BCUT2D eigenvalue weighted by atomic mass is 9.48. The maximum Gasteiger partial charge on any atom is 0.112 e. The van der Waals surface area contributed by atoms with Gasteiger partial charge in [-0.15, -0.1) is 0 Å². The van der Waals surface area contributed by atoms with Crippen molar-refractivity contribution < 1.29 is 4.39 Å². The van der Waals surface area contributed by atoms with Crippen molar-refractivity contribution in [2.45, 2.75) is 44.2 Å². The molecule has 2 heteroatoms. The minimum atomic E-state index is -0.816. The number of hydrogen-bond donors (Lipinski definition) is 1. The lowest BCUT2D eigenvalue weighted by Crippen LogP contribution is -2.55. The first-order chi connectivity index (χ1) is 6.13. The Kier molecular flexibility index (Phi) is 1.44. The first-order valence-corrected chi connectivity index (χ1v) is 5.52. The molecule has 2 unspecified atom stereocenters. The fourth-order valence-corrected chi connectivity index (χ4v) is 4.57. The van der Waals surface area contributed by atoms with Gasteiger partial charge >= 0.3 is 0 Å². The van der Waals surface area contributed by atoms with Crippen LogP contribution in [0.2, 0.25) is 0 Å². The summed E-state index contributed by atoms with van der Waals surface area (Å²) in [7, 11) is 0. The normalized spacial score (nSPS) is 58.6. The van der Waals surface area contributed by atoms with Gasteiger partial charge in [-0.2, -0.15) is 0 Å². The zero-order chi connectivity index (χ0) is 9.10. The van der Waals surface area contributed by atoms with Gasteiger partial charge in [-0.3, -0.25) is 0 Å². The monoisotopic (exact) mass is 183 g/mol. The second-order valence-corrected chi connectivity index (χ2v) is 5.82. The molecule has 4 fully saturated rings. The van der Waals surface area contributed by atoms with Gasteiger partial charge in [0, 0.05) is 0 Å². The molecule has 0 aromatic carbocycles. The Morgan fingerprint density at radius 3 is 2.23 bits per heavy atom. The van der Waals surface area contributed by atoms with Crippen molar-refractivity contribution in [3.05, 3.63) is 0 Å². The molecule has 4 saturated carbocycles. The van der Waals surface area contributed by atoms with Crippen molar-refractivity contribution in [2.75, 3.05) is 6.54 Å². The zero-order valence-electron chi connectivity index (χ0n) is 8.06. The second-order valence-electron chi connectivity index (χ2n) is 5.82. The fourth-order valence-electron chi connectivity index (χ4n) is 4.57. The standard InChI is InChI=1S/C11H18FN/c12-11-4-8-1-9(5-11)3-10(2-8,6-11)7-13/h8-9H,1-7,13H2. The number of hydrogen-bond acceptors (Lipinski definition) is 1. The summed E-state index contributed by atoms with van der Waals surface area (Å²) in [5, 5.41) is 0. The minimum absolute atomic E-state index is 0.207. The van der Waals surface area contributed by atoms with E-state index in [2.05, 4.69) is 0 Å². The average molecular weight is 183 g/mol. The van der Waals surface area contributed by atoms with E-state index in [-0.39, 0.29) is 5.41 Å². The highest BCUT2D eigenvalue weighted by Gasteiger charge is 2.57. The maximum atomic E-state index is 14.3. The molecule has 4 aliphatic carbocycles. The van der Waals surface area contributed by atoms with Crippen LogP contribution in [-0.4, -0.2) is 12.2 Å². The Morgan fingerprint density at radius 1 is 1.15 bits per heavy atom. The number of nitrogens with two attached hydrogens (primary N) is 1. The van der Waals surface area contributed by atoms with Crippen molar-refractivity contribution in [3.8, 4) is 0 Å². The summed E-state index contributed by atoms with van der Waals surface area (Å²) in [6.45, 7) is 0.714. The fraction of sp³-hybridized carbons (Fsp3) is 1.00. The molecule has 4 aliphatic rings. The van der Waals surface area contributed by atoms with Crippen molar-refractivity contribution in [1.29, 1.82) is 0 Å². The van der Waals surface area contributed by atoms with Gasteiger partial charge < -0.3 is 5.73 Å². The smallest absolute Gasteiger partial charge is 0.112 e. The Labute approximate surface area is 78.9 Å². The molecule has 74 valence electrons. The highest BCUT2D eigenvalue weighted by atomic mass is 19.1. The quantitative estimate of drug-likeness (QED) is 0.663. The molecule has 1 nitrogen and oxygen atoms in total. The summed E-state index contributed by atoms with van der Waals surface area (Å²) in [5.41, 5.74) is 5.21. The Balaban J connectivity index is 1.95. The Bertz CT molecular complexity index is 224. The molecule has 2 atom stereocenters. The first kappa shape index (κ1) is 8.22. The van der Waals surface area contributed by atoms with Crippen LogP contribution in [0.25, 0.3) is 0 Å². The van der Waals surface area contributed by atoms with Crippen molar-refractivity contribution >= 4 is 0 Å². The van der Waals surface area contributed by atoms with E-state index < -0.39 is 5.67 Å². The third-order valence-corrected chi connectivity index (χ3v) is 4.54. The molecule has 0 aromatic heterocycles. The van der Waals surface area contributed by atoms with E-state index in [0.29, 0.717) is 18.4 Å². The van der Waals surface area contributed by atoms with Crippen LogP contribution in [0.4, 0.5) is 4.39 Å². The molecule has 2 N–H and O–H groups in total. The van der Waals surface area contributed by atoms with Crippen LogP contribution in [0, 0.1) is 17.3 Å². The van der Waals surface area contributed by atoms with Gasteiger partial charge in [-0.05, 0) is 62.3 Å². The van der Waals surface area contributed by atoms with Gasteiger partial charge in [0.05, 0.1) is 0 Å². The highest BCUT2D eigenvalue weighted by molar-refractivity contribution is 5.08. The largest absolute Gasteiger partial charge is 0.330 e. The van der Waals surface area contributed by atoms with Crippen molar-refractivity contribution in [2.24, 2.45) is 23.0 Å². The zero-order valence-corrected chi connectivity index (χ0v) is 8.06. The van der Waals surface area contributed by atoms with Crippen LogP contribution < -0.4 is 5.73 Å². The summed E-state index contributed by atoms with van der Waals surface area (Å²) in [5.74, 6) is 1.32. The molecule has 4 bridgehead atoms. The third kappa shape index (κ3) is 1.08. The van der Waals surface area contributed by atoms with E-state index in [0.717, 1.165) is 19.3 Å². The van der Waals surface area contributed by atoms with Crippen LogP contribution in [0.3, 0.4) is 0 Å². The molecular weight excluding hydrogens is 165 g/mol. The van der Waals surface area contributed by atoms with Gasteiger partial charge in [0.25, 0.3) is 0 Å². The molecule has 0 radical (unpaired) electrons. The molecule has 0 aromatic rings. The van der Waals surface area contributed by atoms with E-state index >= 15 is 0 Å². The van der Waals surface area contributed by atoms with E-state index in [4.69, 9.17) is 5.73 Å². The molecule has 4 rings (SSSR count). The van der Waals surface area contributed by atoms with Crippen molar-refractivity contribution in [1.82, 2.24) is 0 Å². The summed E-state index contributed by atoms with van der Waals surface area (Å²) in [6, 6.07) is 0. The molecular formula is C11H18FN. The third-order valence-electron chi connectivity index (χ3n) is 4.54. The lowest BCUT2D eigenvalue weighted by molar-refractivity contribution is -0.119. The molecule has 0 spiro atoms. The number of rotatable bonds is 1. The van der Waals surface area contributed by atoms with Gasteiger partial charge in [0.15, 0.2) is 0 Å². The molecule has 0 heterocycles. The summed E-state index contributed by atoms with van der Waals surface area (Å²) < 4.78 is 14.3. The highest BCUT2D eigenvalue weighted by Crippen LogP contribution is 2.62. The Hall–Kier alpha value is -0.110. The number of halogens is 1. The average Bonchev–Trinajstić information content (AvgIpc) is 1.99. The van der Waals surface area contributed by atoms with Crippen LogP contribution >= 0.6 is 0 Å². The summed E-state index contributed by atoms with van der Waals surface area (Å²) >= 11 is 0. The number of alkyl halides is 1. The van der Waals surface area contributed by atoms with Crippen LogP contribution in [0.15, 0.2) is 0 Å².